The highest BCUT2D eigenvalue weighted by Gasteiger charge is 2.19. The minimum Gasteiger partial charge on any atom is -0.368 e. The Hall–Kier alpha value is -1.63. The largest absolute Gasteiger partial charge is 0.368 e. The van der Waals surface area contributed by atoms with E-state index < -0.39 is 0 Å². The van der Waals surface area contributed by atoms with E-state index in [2.05, 4.69) is 43.0 Å². The first-order valence-corrected chi connectivity index (χ1v) is 5.89. The minimum atomic E-state index is 0.226. The average Bonchev–Trinajstić information content (AvgIpc) is 2.25. The molecule has 0 bridgehead atoms. The molecule has 0 aliphatic carbocycles. The van der Waals surface area contributed by atoms with Gasteiger partial charge in [0.25, 0.3) is 0 Å². The van der Waals surface area contributed by atoms with Gasteiger partial charge in [0.05, 0.1) is 12.4 Å². The Morgan fingerprint density at radius 2 is 2.06 bits per heavy atom. The van der Waals surface area contributed by atoms with Crippen molar-refractivity contribution in [2.45, 2.75) is 34.1 Å². The summed E-state index contributed by atoms with van der Waals surface area (Å²) >= 11 is 0. The van der Waals surface area contributed by atoms with E-state index in [-0.39, 0.29) is 5.41 Å². The van der Waals surface area contributed by atoms with Gasteiger partial charge in [0.2, 0.25) is 0 Å². The lowest BCUT2D eigenvalue weighted by molar-refractivity contribution is 0.306. The molecule has 0 aliphatic heterocycles. The average molecular weight is 232 g/mol. The Labute approximate surface area is 103 Å². The van der Waals surface area contributed by atoms with Crippen molar-refractivity contribution in [3.63, 3.8) is 0 Å². The van der Waals surface area contributed by atoms with Crippen LogP contribution in [0.1, 0.15) is 39.8 Å². The lowest BCUT2D eigenvalue weighted by Gasteiger charge is -2.27. The zero-order chi connectivity index (χ0) is 12.9. The molecule has 4 heteroatoms. The van der Waals surface area contributed by atoms with Gasteiger partial charge in [-0.25, -0.2) is 9.97 Å². The molecule has 0 fully saturated rings. The highest BCUT2D eigenvalue weighted by atomic mass is 15.0. The maximum atomic E-state index is 8.61. The van der Waals surface area contributed by atoms with E-state index in [1.807, 2.05) is 6.07 Å². The van der Waals surface area contributed by atoms with Gasteiger partial charge in [-0.2, -0.15) is 5.26 Å². The minimum absolute atomic E-state index is 0.226. The normalized spacial score (nSPS) is 11.3. The van der Waals surface area contributed by atoms with E-state index in [4.69, 9.17) is 5.26 Å². The third-order valence-corrected chi connectivity index (χ3v) is 2.48. The molecule has 0 aliphatic rings. The smallest absolute Gasteiger partial charge is 0.158 e. The van der Waals surface area contributed by atoms with Crippen LogP contribution >= 0.6 is 0 Å². The molecule has 1 aromatic rings. The molecule has 1 heterocycles. The van der Waals surface area contributed by atoms with Crippen LogP contribution in [-0.4, -0.2) is 16.5 Å². The van der Waals surface area contributed by atoms with Crippen LogP contribution in [0.3, 0.4) is 0 Å². The summed E-state index contributed by atoms with van der Waals surface area (Å²) < 4.78 is 0. The van der Waals surface area contributed by atoms with Crippen LogP contribution in [0.25, 0.3) is 0 Å². The number of aromatic nitrogens is 2. The molecular formula is C13H20N4. The van der Waals surface area contributed by atoms with Crippen LogP contribution < -0.4 is 5.32 Å². The monoisotopic (exact) mass is 232 g/mol. The number of nitriles is 1. The number of hydrogen-bond acceptors (Lipinski definition) is 4. The molecule has 1 aromatic heterocycles. The van der Waals surface area contributed by atoms with E-state index >= 15 is 0 Å². The fourth-order valence-electron chi connectivity index (χ4n) is 1.98. The van der Waals surface area contributed by atoms with Crippen molar-refractivity contribution in [2.24, 2.45) is 11.3 Å². The van der Waals surface area contributed by atoms with Gasteiger partial charge < -0.3 is 5.32 Å². The van der Waals surface area contributed by atoms with Gasteiger partial charge in [-0.05, 0) is 17.8 Å². The van der Waals surface area contributed by atoms with Crippen molar-refractivity contribution < 1.29 is 0 Å². The zero-order valence-electron chi connectivity index (χ0n) is 11.0. The number of nitrogens with zero attached hydrogens (tertiary/aromatic N) is 3. The molecule has 0 amide bonds. The van der Waals surface area contributed by atoms with Gasteiger partial charge in [-0.3, -0.25) is 0 Å². The lowest BCUT2D eigenvalue weighted by Crippen LogP contribution is -2.25. The van der Waals surface area contributed by atoms with Crippen LogP contribution in [-0.2, 0) is 0 Å². The summed E-state index contributed by atoms with van der Waals surface area (Å²) in [5, 5.41) is 11.9. The maximum absolute atomic E-state index is 8.61. The number of hydrogen-bond donors (Lipinski definition) is 1. The summed E-state index contributed by atoms with van der Waals surface area (Å²) in [5.41, 5.74) is 0.570. The van der Waals surface area contributed by atoms with Crippen molar-refractivity contribution in [2.75, 3.05) is 11.9 Å². The first kappa shape index (κ1) is 13.4. The van der Waals surface area contributed by atoms with Gasteiger partial charge in [0.15, 0.2) is 5.69 Å². The Morgan fingerprint density at radius 3 is 2.53 bits per heavy atom. The van der Waals surface area contributed by atoms with E-state index in [0.29, 0.717) is 11.6 Å². The topological polar surface area (TPSA) is 61.6 Å². The second-order valence-corrected chi connectivity index (χ2v) is 5.51. The molecule has 0 atom stereocenters. The second-order valence-electron chi connectivity index (χ2n) is 5.51. The molecule has 1 N–H and O–H groups in total. The SMILES string of the molecule is CC(C)CC(C)(C)CNc1cnc(C#N)cn1. The lowest BCUT2D eigenvalue weighted by atomic mass is 9.84. The fourth-order valence-corrected chi connectivity index (χ4v) is 1.98. The summed E-state index contributed by atoms with van der Waals surface area (Å²) in [6.07, 6.45) is 4.24. The third kappa shape index (κ3) is 4.81. The second kappa shape index (κ2) is 5.62. The predicted octanol–water partition coefficient (Wildman–Crippen LogP) is 2.83. The third-order valence-electron chi connectivity index (χ3n) is 2.48. The van der Waals surface area contributed by atoms with Crippen molar-refractivity contribution in [1.29, 1.82) is 5.26 Å². The summed E-state index contributed by atoms with van der Waals surface area (Å²) in [6.45, 7) is 9.77. The Bertz CT molecular complexity index is 387. The molecule has 0 aromatic carbocycles. The number of rotatable bonds is 5. The molecule has 1 rings (SSSR count). The first-order chi connectivity index (χ1) is 7.93. The molecule has 0 spiro atoms. The summed E-state index contributed by atoms with van der Waals surface area (Å²) in [4.78, 5) is 8.11. The quantitative estimate of drug-likeness (QED) is 0.848. The summed E-state index contributed by atoms with van der Waals surface area (Å²) in [7, 11) is 0. The van der Waals surface area contributed by atoms with Crippen LogP contribution in [0.2, 0.25) is 0 Å². The van der Waals surface area contributed by atoms with Crippen LogP contribution in [0.15, 0.2) is 12.4 Å². The zero-order valence-corrected chi connectivity index (χ0v) is 11.0. The van der Waals surface area contributed by atoms with Crippen molar-refractivity contribution >= 4 is 5.82 Å². The van der Waals surface area contributed by atoms with Gasteiger partial charge in [0.1, 0.15) is 11.9 Å². The highest BCUT2D eigenvalue weighted by Crippen LogP contribution is 2.25. The summed E-state index contributed by atoms with van der Waals surface area (Å²) in [6, 6.07) is 1.95. The van der Waals surface area contributed by atoms with E-state index in [1.165, 1.54) is 6.20 Å². The number of anilines is 1. The van der Waals surface area contributed by atoms with Gasteiger partial charge >= 0.3 is 0 Å². The number of nitrogens with one attached hydrogen (secondary N) is 1. The molecule has 0 unspecified atom stereocenters. The van der Waals surface area contributed by atoms with Crippen LogP contribution in [0.5, 0.6) is 0 Å². The molecule has 0 radical (unpaired) electrons. The van der Waals surface area contributed by atoms with E-state index in [9.17, 15) is 0 Å². The molecule has 0 saturated carbocycles. The maximum Gasteiger partial charge on any atom is 0.158 e. The predicted molar refractivity (Wildman–Crippen MR) is 68.5 cm³/mol. The van der Waals surface area contributed by atoms with Crippen molar-refractivity contribution in [3.05, 3.63) is 18.1 Å². The first-order valence-electron chi connectivity index (χ1n) is 5.89. The van der Waals surface area contributed by atoms with Gasteiger partial charge in [-0.1, -0.05) is 27.7 Å². The van der Waals surface area contributed by atoms with E-state index in [1.54, 1.807) is 6.20 Å². The highest BCUT2D eigenvalue weighted by molar-refractivity contribution is 5.33. The van der Waals surface area contributed by atoms with Crippen molar-refractivity contribution in [3.8, 4) is 6.07 Å². The van der Waals surface area contributed by atoms with Crippen LogP contribution in [0.4, 0.5) is 5.82 Å². The Kier molecular flexibility index (Phi) is 4.45. The molecule has 17 heavy (non-hydrogen) atoms. The standard InChI is InChI=1S/C13H20N4/c1-10(2)5-13(3,4)9-17-12-8-15-11(6-14)7-16-12/h7-8,10H,5,9H2,1-4H3,(H,16,17). The molecule has 4 nitrogen and oxygen atoms in total. The Morgan fingerprint density at radius 1 is 1.35 bits per heavy atom. The fraction of sp³-hybridized carbons (Fsp3) is 0.615. The summed E-state index contributed by atoms with van der Waals surface area (Å²) in [5.74, 6) is 1.40. The van der Waals surface area contributed by atoms with Gasteiger partial charge in [0, 0.05) is 6.54 Å². The molecular weight excluding hydrogens is 212 g/mol. The van der Waals surface area contributed by atoms with E-state index in [0.717, 1.165) is 18.8 Å². The van der Waals surface area contributed by atoms with Crippen LogP contribution in [0, 0.1) is 22.7 Å². The molecule has 92 valence electrons. The van der Waals surface area contributed by atoms with Crippen molar-refractivity contribution in [1.82, 2.24) is 9.97 Å². The van der Waals surface area contributed by atoms with Gasteiger partial charge in [-0.15, -0.1) is 0 Å². The Balaban J connectivity index is 2.52. The molecule has 0 saturated heterocycles.